The average Bonchev–Trinajstić information content (AvgIpc) is 2.07. The Hall–Kier alpha value is -0.260. The third-order valence-corrected chi connectivity index (χ3v) is 2.58. The summed E-state index contributed by atoms with van der Waals surface area (Å²) >= 11 is 5.61. The van der Waals surface area contributed by atoms with Crippen LogP contribution in [0.5, 0.6) is 0 Å². The number of benzene rings is 1. The molecule has 0 radical (unpaired) electrons. The van der Waals surface area contributed by atoms with Gasteiger partial charge in [0.05, 0.1) is 16.8 Å². The van der Waals surface area contributed by atoms with Crippen LogP contribution >= 0.6 is 33.4 Å². The maximum absolute atomic E-state index is 12.3. The van der Waals surface area contributed by atoms with E-state index in [1.54, 1.807) is 0 Å². The van der Waals surface area contributed by atoms with E-state index in [-0.39, 0.29) is 21.2 Å². The first-order valence-corrected chi connectivity index (χ1v) is 5.34. The number of hydrogen-bond acceptors (Lipinski definition) is 2. The van der Waals surface area contributed by atoms with Crippen molar-refractivity contribution in [3.63, 3.8) is 0 Å². The van der Waals surface area contributed by atoms with Gasteiger partial charge >= 0.3 is 6.30 Å². The van der Waals surface area contributed by atoms with E-state index in [1.807, 2.05) is 0 Å². The van der Waals surface area contributed by atoms with Gasteiger partial charge in [0.15, 0.2) is 0 Å². The molecular weight excluding hydrogens is 258 g/mol. The molecular formula is C7H4Cl2F3NS. The van der Waals surface area contributed by atoms with E-state index in [2.05, 4.69) is 0 Å². The van der Waals surface area contributed by atoms with Crippen LogP contribution in [0.1, 0.15) is 0 Å². The van der Waals surface area contributed by atoms with Crippen LogP contribution in [0.4, 0.5) is 18.9 Å². The number of rotatable bonds is 2. The van der Waals surface area contributed by atoms with Crippen LogP contribution in [0, 0.1) is 0 Å². The van der Waals surface area contributed by atoms with Crippen LogP contribution in [0.2, 0.25) is 5.02 Å². The largest absolute Gasteiger partial charge is 0.495 e. The van der Waals surface area contributed by atoms with Crippen LogP contribution < -0.4 is 4.31 Å². The summed E-state index contributed by atoms with van der Waals surface area (Å²) in [6.07, 6.45) is -4.51. The van der Waals surface area contributed by atoms with Gasteiger partial charge in [-0.2, -0.15) is 0 Å². The van der Waals surface area contributed by atoms with Gasteiger partial charge in [-0.25, -0.2) is 4.31 Å². The van der Waals surface area contributed by atoms with Crippen LogP contribution in [-0.2, 0) is 0 Å². The van der Waals surface area contributed by atoms with Gasteiger partial charge in [-0.15, -0.1) is 13.2 Å². The Morgan fingerprint density at radius 2 is 1.64 bits per heavy atom. The minimum Gasteiger partial charge on any atom is -0.212 e. The third kappa shape index (κ3) is 2.87. The highest BCUT2D eigenvalue weighted by Crippen LogP contribution is 2.36. The van der Waals surface area contributed by atoms with Crippen molar-refractivity contribution < 1.29 is 13.2 Å². The molecule has 1 rings (SSSR count). The van der Waals surface area contributed by atoms with Gasteiger partial charge in [0.25, 0.3) is 0 Å². The van der Waals surface area contributed by atoms with Gasteiger partial charge in [0.1, 0.15) is 0 Å². The lowest BCUT2D eigenvalue weighted by Gasteiger charge is -2.22. The molecule has 0 fully saturated rings. The van der Waals surface area contributed by atoms with E-state index in [0.29, 0.717) is 5.02 Å². The number of nitrogens with zero attached hydrogens (tertiary/aromatic N) is 1. The van der Waals surface area contributed by atoms with E-state index in [0.717, 1.165) is 0 Å². The summed E-state index contributed by atoms with van der Waals surface area (Å²) in [4.78, 5) is 0. The fourth-order valence-corrected chi connectivity index (χ4v) is 1.68. The number of hydrogen-bond donors (Lipinski definition) is 0. The lowest BCUT2D eigenvalue weighted by atomic mass is 10.3. The van der Waals surface area contributed by atoms with E-state index in [1.165, 1.54) is 24.3 Å². The smallest absolute Gasteiger partial charge is 0.212 e. The molecule has 1 aromatic rings. The van der Waals surface area contributed by atoms with Crippen molar-refractivity contribution in [1.29, 1.82) is 0 Å². The Kier molecular flexibility index (Phi) is 3.80. The molecule has 0 aliphatic heterocycles. The molecule has 0 amide bonds. The zero-order valence-electron chi connectivity index (χ0n) is 6.55. The van der Waals surface area contributed by atoms with E-state index < -0.39 is 6.30 Å². The first-order chi connectivity index (χ1) is 6.45. The highest BCUT2D eigenvalue weighted by atomic mass is 35.7. The monoisotopic (exact) mass is 261 g/mol. The summed E-state index contributed by atoms with van der Waals surface area (Å²) in [5.41, 5.74) is -0.0677. The first kappa shape index (κ1) is 11.8. The summed E-state index contributed by atoms with van der Waals surface area (Å²) in [5.74, 6) is 0. The van der Waals surface area contributed by atoms with E-state index in [9.17, 15) is 13.2 Å². The molecule has 0 saturated carbocycles. The molecule has 0 aliphatic rings. The van der Waals surface area contributed by atoms with Gasteiger partial charge in [0.2, 0.25) is 0 Å². The lowest BCUT2D eigenvalue weighted by Crippen LogP contribution is -2.30. The summed E-state index contributed by atoms with van der Waals surface area (Å²) in [6, 6.07) is 5.21. The lowest BCUT2D eigenvalue weighted by molar-refractivity contribution is -0.114. The minimum atomic E-state index is -4.51. The quantitative estimate of drug-likeness (QED) is 0.571. The zero-order valence-corrected chi connectivity index (χ0v) is 8.88. The SMILES string of the molecule is FC(F)(F)N(SCl)c1ccc(Cl)cc1. The highest BCUT2D eigenvalue weighted by Gasteiger charge is 2.38. The Morgan fingerprint density at radius 1 is 1.14 bits per heavy atom. The molecule has 0 saturated heterocycles. The molecule has 0 bridgehead atoms. The molecule has 0 atom stereocenters. The van der Waals surface area contributed by atoms with Gasteiger partial charge in [-0.1, -0.05) is 11.6 Å². The number of alkyl halides is 3. The second-order valence-corrected chi connectivity index (χ2v) is 3.66. The second-order valence-electron chi connectivity index (χ2n) is 2.31. The van der Waals surface area contributed by atoms with Crippen LogP contribution in [0.3, 0.4) is 0 Å². The Labute approximate surface area is 92.4 Å². The fourth-order valence-electron chi connectivity index (χ4n) is 0.802. The van der Waals surface area contributed by atoms with Crippen molar-refractivity contribution in [3.05, 3.63) is 29.3 Å². The van der Waals surface area contributed by atoms with Crippen LogP contribution in [0.15, 0.2) is 24.3 Å². The molecule has 1 aromatic carbocycles. The topological polar surface area (TPSA) is 3.24 Å². The van der Waals surface area contributed by atoms with E-state index >= 15 is 0 Å². The fraction of sp³-hybridized carbons (Fsp3) is 0.143. The van der Waals surface area contributed by atoms with Crippen molar-refractivity contribution in [2.24, 2.45) is 0 Å². The molecule has 1 nitrogen and oxygen atoms in total. The zero-order chi connectivity index (χ0) is 10.8. The Morgan fingerprint density at radius 3 is 2.00 bits per heavy atom. The highest BCUT2D eigenvalue weighted by molar-refractivity contribution is 8.22. The predicted molar refractivity (Wildman–Crippen MR) is 53.4 cm³/mol. The van der Waals surface area contributed by atoms with Gasteiger partial charge in [0, 0.05) is 5.02 Å². The predicted octanol–water partition coefficient (Wildman–Crippen LogP) is 4.47. The molecule has 0 aliphatic carbocycles. The standard InChI is InChI=1S/C7H4Cl2F3NS/c8-5-1-3-6(4-2-5)13(14-9)7(10,11)12/h1-4H. The molecule has 0 unspecified atom stereocenters. The van der Waals surface area contributed by atoms with Crippen molar-refractivity contribution in [2.75, 3.05) is 4.31 Å². The molecule has 0 aromatic heterocycles. The minimum absolute atomic E-state index is 0.0326. The van der Waals surface area contributed by atoms with Gasteiger partial charge < -0.3 is 0 Å². The molecule has 14 heavy (non-hydrogen) atoms. The average molecular weight is 262 g/mol. The van der Waals surface area contributed by atoms with Gasteiger partial charge in [-0.3, -0.25) is 0 Å². The third-order valence-electron chi connectivity index (χ3n) is 1.36. The normalized spacial score (nSPS) is 11.5. The van der Waals surface area contributed by atoms with Crippen molar-refractivity contribution in [2.45, 2.75) is 6.30 Å². The Bertz CT molecular complexity index is 301. The Balaban J connectivity index is 2.96. The summed E-state index contributed by atoms with van der Waals surface area (Å²) < 4.78 is 36.9. The molecule has 0 spiro atoms. The molecule has 0 N–H and O–H groups in total. The van der Waals surface area contributed by atoms with Crippen LogP contribution in [-0.4, -0.2) is 6.30 Å². The first-order valence-electron chi connectivity index (χ1n) is 3.36. The molecule has 0 heterocycles. The van der Waals surface area contributed by atoms with Crippen molar-refractivity contribution in [3.8, 4) is 0 Å². The number of halogens is 5. The summed E-state index contributed by atoms with van der Waals surface area (Å²) in [5, 5.41) is 0.371. The van der Waals surface area contributed by atoms with Crippen LogP contribution in [0.25, 0.3) is 0 Å². The van der Waals surface area contributed by atoms with Gasteiger partial charge in [-0.05, 0) is 34.9 Å². The number of anilines is 1. The summed E-state index contributed by atoms with van der Waals surface area (Å²) in [6.45, 7) is 0. The molecule has 7 heteroatoms. The van der Waals surface area contributed by atoms with Crippen molar-refractivity contribution in [1.82, 2.24) is 0 Å². The van der Waals surface area contributed by atoms with E-state index in [4.69, 9.17) is 22.3 Å². The van der Waals surface area contributed by atoms with Crippen molar-refractivity contribution >= 4 is 39.1 Å². The molecule has 78 valence electrons. The maximum Gasteiger partial charge on any atom is 0.495 e. The summed E-state index contributed by atoms with van der Waals surface area (Å²) in [7, 11) is 5.12. The second kappa shape index (κ2) is 4.51. The maximum atomic E-state index is 12.3.